The monoisotopic (exact) mass is 314 g/mol. The fourth-order valence-corrected chi connectivity index (χ4v) is 2.09. The van der Waals surface area contributed by atoms with E-state index in [1.54, 1.807) is 13.8 Å². The summed E-state index contributed by atoms with van der Waals surface area (Å²) < 4.78 is 0. The average molecular weight is 314 g/mol. The Morgan fingerprint density at radius 2 is 1.45 bits per heavy atom. The SMILES string of the molecule is CC(C)CC(=O)N[C@@H](CC(C)C)C(=O)N[C@H](C(=O)O)C(C)C. The molecule has 0 aromatic rings. The van der Waals surface area contributed by atoms with E-state index in [9.17, 15) is 14.4 Å². The quantitative estimate of drug-likeness (QED) is 0.604. The van der Waals surface area contributed by atoms with Gasteiger partial charge in [-0.1, -0.05) is 41.5 Å². The van der Waals surface area contributed by atoms with Crippen molar-refractivity contribution in [1.29, 1.82) is 0 Å². The van der Waals surface area contributed by atoms with Crippen molar-refractivity contribution in [1.82, 2.24) is 10.6 Å². The molecular weight excluding hydrogens is 284 g/mol. The molecule has 0 bridgehead atoms. The van der Waals surface area contributed by atoms with Gasteiger partial charge in [-0.15, -0.1) is 0 Å². The van der Waals surface area contributed by atoms with Crippen LogP contribution in [0.25, 0.3) is 0 Å². The van der Waals surface area contributed by atoms with Crippen LogP contribution in [0.1, 0.15) is 54.4 Å². The second-order valence-corrected chi connectivity index (χ2v) is 6.92. The lowest BCUT2D eigenvalue weighted by Crippen LogP contribution is -2.53. The first kappa shape index (κ1) is 20.4. The summed E-state index contributed by atoms with van der Waals surface area (Å²) in [5.41, 5.74) is 0. The van der Waals surface area contributed by atoms with Gasteiger partial charge in [-0.3, -0.25) is 9.59 Å². The van der Waals surface area contributed by atoms with E-state index in [2.05, 4.69) is 10.6 Å². The maximum Gasteiger partial charge on any atom is 0.326 e. The number of carbonyl (C=O) groups is 3. The summed E-state index contributed by atoms with van der Waals surface area (Å²) in [6, 6.07) is -1.66. The normalized spacial score (nSPS) is 14.0. The van der Waals surface area contributed by atoms with Gasteiger partial charge in [0.05, 0.1) is 0 Å². The van der Waals surface area contributed by atoms with Crippen LogP contribution in [0.2, 0.25) is 0 Å². The highest BCUT2D eigenvalue weighted by Gasteiger charge is 2.28. The summed E-state index contributed by atoms with van der Waals surface area (Å²) in [6.45, 7) is 11.2. The van der Waals surface area contributed by atoms with Crippen molar-refractivity contribution in [2.24, 2.45) is 17.8 Å². The third kappa shape index (κ3) is 8.00. The first-order chi connectivity index (χ1) is 10.0. The number of aliphatic carboxylic acids is 1. The molecule has 0 unspecified atom stereocenters. The zero-order valence-electron chi connectivity index (χ0n) is 14.5. The minimum Gasteiger partial charge on any atom is -0.480 e. The van der Waals surface area contributed by atoms with Crippen molar-refractivity contribution < 1.29 is 19.5 Å². The van der Waals surface area contributed by atoms with Crippen LogP contribution in [-0.2, 0) is 14.4 Å². The molecule has 0 fully saturated rings. The lowest BCUT2D eigenvalue weighted by molar-refractivity contribution is -0.143. The number of carbonyl (C=O) groups excluding carboxylic acids is 2. The molecule has 0 spiro atoms. The van der Waals surface area contributed by atoms with E-state index < -0.39 is 24.0 Å². The molecule has 6 nitrogen and oxygen atoms in total. The number of hydrogen-bond acceptors (Lipinski definition) is 3. The smallest absolute Gasteiger partial charge is 0.326 e. The zero-order chi connectivity index (χ0) is 17.4. The Balaban J connectivity index is 4.90. The number of hydrogen-bond donors (Lipinski definition) is 3. The van der Waals surface area contributed by atoms with E-state index in [1.807, 2.05) is 27.7 Å². The van der Waals surface area contributed by atoms with Crippen LogP contribution >= 0.6 is 0 Å². The molecule has 0 saturated heterocycles. The van der Waals surface area contributed by atoms with Crippen LogP contribution in [0.5, 0.6) is 0 Å². The summed E-state index contributed by atoms with van der Waals surface area (Å²) in [6.07, 6.45) is 0.814. The molecule has 2 atom stereocenters. The van der Waals surface area contributed by atoms with Gasteiger partial charge in [0.25, 0.3) is 0 Å². The number of carboxylic acid groups (broad SMARTS) is 1. The molecular formula is C16H30N2O4. The Kier molecular flexibility index (Phi) is 8.75. The Labute approximate surface area is 133 Å². The summed E-state index contributed by atoms with van der Waals surface area (Å²) >= 11 is 0. The van der Waals surface area contributed by atoms with Crippen LogP contribution in [-0.4, -0.2) is 35.0 Å². The average Bonchev–Trinajstić information content (AvgIpc) is 2.32. The van der Waals surface area contributed by atoms with Crippen molar-refractivity contribution in [3.8, 4) is 0 Å². The van der Waals surface area contributed by atoms with E-state index >= 15 is 0 Å². The van der Waals surface area contributed by atoms with Crippen molar-refractivity contribution >= 4 is 17.8 Å². The van der Waals surface area contributed by atoms with Gasteiger partial charge in [-0.25, -0.2) is 4.79 Å². The highest BCUT2D eigenvalue weighted by Crippen LogP contribution is 2.09. The Morgan fingerprint density at radius 3 is 1.82 bits per heavy atom. The van der Waals surface area contributed by atoms with Gasteiger partial charge in [0.15, 0.2) is 0 Å². The maximum absolute atomic E-state index is 12.3. The number of carboxylic acids is 1. The van der Waals surface area contributed by atoms with Gasteiger partial charge in [-0.2, -0.15) is 0 Å². The molecule has 2 amide bonds. The molecule has 0 rings (SSSR count). The molecule has 128 valence electrons. The Morgan fingerprint density at radius 1 is 0.909 bits per heavy atom. The van der Waals surface area contributed by atoms with Crippen molar-refractivity contribution in [3.63, 3.8) is 0 Å². The van der Waals surface area contributed by atoms with Crippen molar-refractivity contribution in [3.05, 3.63) is 0 Å². The molecule has 3 N–H and O–H groups in total. The first-order valence-corrected chi connectivity index (χ1v) is 7.87. The first-order valence-electron chi connectivity index (χ1n) is 7.87. The fraction of sp³-hybridized carbons (Fsp3) is 0.812. The molecule has 0 radical (unpaired) electrons. The standard InChI is InChI=1S/C16H30N2O4/c1-9(2)7-12(17-13(19)8-10(3)4)15(20)18-14(11(5)6)16(21)22/h9-12,14H,7-8H2,1-6H3,(H,17,19)(H,18,20)(H,21,22)/t12-,14-/m0/s1. The number of amides is 2. The van der Waals surface area contributed by atoms with Crippen LogP contribution in [0.4, 0.5) is 0 Å². The summed E-state index contributed by atoms with van der Waals surface area (Å²) in [7, 11) is 0. The summed E-state index contributed by atoms with van der Waals surface area (Å²) in [5.74, 6) is -1.52. The van der Waals surface area contributed by atoms with E-state index in [4.69, 9.17) is 5.11 Å². The van der Waals surface area contributed by atoms with Crippen LogP contribution < -0.4 is 10.6 Å². The highest BCUT2D eigenvalue weighted by atomic mass is 16.4. The topological polar surface area (TPSA) is 95.5 Å². The van der Waals surface area contributed by atoms with Gasteiger partial charge in [0.2, 0.25) is 11.8 Å². The van der Waals surface area contributed by atoms with Gasteiger partial charge in [0.1, 0.15) is 12.1 Å². The van der Waals surface area contributed by atoms with Gasteiger partial charge in [-0.05, 0) is 24.2 Å². The number of rotatable bonds is 9. The van der Waals surface area contributed by atoms with Crippen LogP contribution in [0.15, 0.2) is 0 Å². The lowest BCUT2D eigenvalue weighted by atomic mass is 10.00. The van der Waals surface area contributed by atoms with E-state index in [0.29, 0.717) is 12.8 Å². The van der Waals surface area contributed by atoms with Crippen LogP contribution in [0, 0.1) is 17.8 Å². The largest absolute Gasteiger partial charge is 0.480 e. The second-order valence-electron chi connectivity index (χ2n) is 6.92. The summed E-state index contributed by atoms with van der Waals surface area (Å²) in [4.78, 5) is 35.4. The minimum absolute atomic E-state index is 0.188. The van der Waals surface area contributed by atoms with E-state index in [-0.39, 0.29) is 23.7 Å². The predicted octanol–water partition coefficient (Wildman–Crippen LogP) is 1.79. The highest BCUT2D eigenvalue weighted by molar-refractivity contribution is 5.90. The molecule has 0 aliphatic carbocycles. The third-order valence-electron chi connectivity index (χ3n) is 3.18. The molecule has 0 saturated carbocycles. The third-order valence-corrected chi connectivity index (χ3v) is 3.18. The van der Waals surface area contributed by atoms with Crippen molar-refractivity contribution in [2.45, 2.75) is 66.5 Å². The molecule has 6 heteroatoms. The van der Waals surface area contributed by atoms with Crippen molar-refractivity contribution in [2.75, 3.05) is 0 Å². The molecule has 0 heterocycles. The Hall–Kier alpha value is -1.59. The lowest BCUT2D eigenvalue weighted by Gasteiger charge is -2.24. The van der Waals surface area contributed by atoms with Gasteiger partial charge in [0, 0.05) is 6.42 Å². The minimum atomic E-state index is -1.07. The van der Waals surface area contributed by atoms with Gasteiger partial charge >= 0.3 is 5.97 Å². The maximum atomic E-state index is 12.3. The van der Waals surface area contributed by atoms with Gasteiger partial charge < -0.3 is 15.7 Å². The van der Waals surface area contributed by atoms with E-state index in [1.165, 1.54) is 0 Å². The molecule has 0 aliphatic rings. The second kappa shape index (κ2) is 9.43. The number of nitrogens with one attached hydrogen (secondary N) is 2. The van der Waals surface area contributed by atoms with E-state index in [0.717, 1.165) is 0 Å². The fourth-order valence-electron chi connectivity index (χ4n) is 2.09. The summed E-state index contributed by atoms with van der Waals surface area (Å²) in [5, 5.41) is 14.4. The molecule has 0 aliphatic heterocycles. The molecule has 22 heavy (non-hydrogen) atoms. The predicted molar refractivity (Wildman–Crippen MR) is 85.2 cm³/mol. The van der Waals surface area contributed by atoms with Crippen LogP contribution in [0.3, 0.4) is 0 Å². The zero-order valence-corrected chi connectivity index (χ0v) is 14.5. The Bertz CT molecular complexity index is 392. The molecule has 0 aromatic heterocycles. The molecule has 0 aromatic carbocycles.